The van der Waals surface area contributed by atoms with Gasteiger partial charge in [0, 0.05) is 4.48 Å². The molecule has 3 heteroatoms. The molecule has 0 aliphatic heterocycles. The molecule has 1 atom stereocenters. The van der Waals surface area contributed by atoms with Crippen molar-refractivity contribution in [3.05, 3.63) is 40.6 Å². The highest BCUT2D eigenvalue weighted by atomic mass is 79.9. The molecule has 0 saturated carbocycles. The first-order valence-electron chi connectivity index (χ1n) is 5.03. The number of benzene rings is 1. The Kier molecular flexibility index (Phi) is 3.41. The van der Waals surface area contributed by atoms with Crippen molar-refractivity contribution in [1.82, 2.24) is 0 Å². The second kappa shape index (κ2) is 4.79. The molecular weight excluding hydrogens is 259 g/mol. The van der Waals surface area contributed by atoms with Crippen LogP contribution in [-0.2, 0) is 0 Å². The van der Waals surface area contributed by atoms with E-state index in [1.807, 2.05) is 0 Å². The van der Waals surface area contributed by atoms with E-state index < -0.39 is 0 Å². The predicted molar refractivity (Wildman–Crippen MR) is 61.7 cm³/mol. The summed E-state index contributed by atoms with van der Waals surface area (Å²) in [4.78, 5) is 0. The second-order valence-electron chi connectivity index (χ2n) is 3.58. The third kappa shape index (κ3) is 2.81. The highest BCUT2D eigenvalue weighted by Crippen LogP contribution is 2.27. The molecule has 1 aliphatic carbocycles. The van der Waals surface area contributed by atoms with Crippen LogP contribution in [0.1, 0.15) is 19.3 Å². The average Bonchev–Trinajstić information content (AvgIpc) is 2.25. The van der Waals surface area contributed by atoms with E-state index in [0.29, 0.717) is 5.75 Å². The molecule has 1 unspecified atom stereocenters. The van der Waals surface area contributed by atoms with Crippen molar-refractivity contribution in [2.45, 2.75) is 25.4 Å². The molecule has 0 spiro atoms. The van der Waals surface area contributed by atoms with E-state index >= 15 is 0 Å². The summed E-state index contributed by atoms with van der Waals surface area (Å²) < 4.78 is 19.5. The van der Waals surface area contributed by atoms with Crippen LogP contribution in [0.2, 0.25) is 0 Å². The predicted octanol–water partition coefficient (Wildman–Crippen LogP) is 4.04. The molecule has 0 bridgehead atoms. The van der Waals surface area contributed by atoms with Crippen LogP contribution >= 0.6 is 15.9 Å². The summed E-state index contributed by atoms with van der Waals surface area (Å²) in [5.41, 5.74) is 0. The lowest BCUT2D eigenvalue weighted by Crippen LogP contribution is -2.19. The van der Waals surface area contributed by atoms with Gasteiger partial charge in [0.25, 0.3) is 0 Å². The van der Waals surface area contributed by atoms with Gasteiger partial charge in [-0.15, -0.1) is 0 Å². The molecule has 1 aromatic carbocycles. The van der Waals surface area contributed by atoms with Crippen LogP contribution in [0.4, 0.5) is 4.39 Å². The largest absolute Gasteiger partial charge is 0.485 e. The lowest BCUT2D eigenvalue weighted by molar-refractivity contribution is 0.226. The SMILES string of the molecule is Fc1ccc(OC2CCCC=C2Br)cc1. The molecule has 0 amide bonds. The minimum absolute atomic E-state index is 0.0872. The maximum Gasteiger partial charge on any atom is 0.130 e. The van der Waals surface area contributed by atoms with Gasteiger partial charge in [-0.05, 0) is 43.5 Å². The van der Waals surface area contributed by atoms with Gasteiger partial charge in [0.2, 0.25) is 0 Å². The molecule has 0 radical (unpaired) electrons. The van der Waals surface area contributed by atoms with Crippen LogP contribution in [0.15, 0.2) is 34.8 Å². The van der Waals surface area contributed by atoms with Crippen molar-refractivity contribution >= 4 is 15.9 Å². The van der Waals surface area contributed by atoms with Crippen LogP contribution in [0.3, 0.4) is 0 Å². The van der Waals surface area contributed by atoms with E-state index in [1.165, 1.54) is 12.1 Å². The van der Waals surface area contributed by atoms with E-state index in [4.69, 9.17) is 4.74 Å². The minimum atomic E-state index is -0.236. The summed E-state index contributed by atoms with van der Waals surface area (Å²) >= 11 is 3.49. The maximum absolute atomic E-state index is 12.7. The molecule has 15 heavy (non-hydrogen) atoms. The Hall–Kier alpha value is -0.830. The summed E-state index contributed by atoms with van der Waals surface area (Å²) in [7, 11) is 0. The molecule has 80 valence electrons. The van der Waals surface area contributed by atoms with Gasteiger partial charge in [0.1, 0.15) is 17.7 Å². The Morgan fingerprint density at radius 2 is 2.00 bits per heavy atom. The number of rotatable bonds is 2. The Labute approximate surface area is 97.1 Å². The Morgan fingerprint density at radius 1 is 1.27 bits per heavy atom. The van der Waals surface area contributed by atoms with E-state index in [0.717, 1.165) is 23.7 Å². The van der Waals surface area contributed by atoms with Gasteiger partial charge >= 0.3 is 0 Å². The molecule has 0 aromatic heterocycles. The zero-order valence-electron chi connectivity index (χ0n) is 8.25. The van der Waals surface area contributed by atoms with Gasteiger partial charge in [-0.3, -0.25) is 0 Å². The van der Waals surface area contributed by atoms with E-state index in [9.17, 15) is 4.39 Å². The molecule has 0 saturated heterocycles. The van der Waals surface area contributed by atoms with Gasteiger partial charge in [0.15, 0.2) is 0 Å². The lowest BCUT2D eigenvalue weighted by atomic mass is 10.1. The van der Waals surface area contributed by atoms with E-state index in [1.54, 1.807) is 12.1 Å². The van der Waals surface area contributed by atoms with Crippen molar-refractivity contribution < 1.29 is 9.13 Å². The molecule has 0 N–H and O–H groups in total. The van der Waals surface area contributed by atoms with Gasteiger partial charge in [-0.25, -0.2) is 4.39 Å². The van der Waals surface area contributed by atoms with Gasteiger partial charge in [0.05, 0.1) is 0 Å². The Balaban J connectivity index is 2.05. The Morgan fingerprint density at radius 3 is 2.67 bits per heavy atom. The molecule has 1 aliphatic rings. The first kappa shape index (κ1) is 10.7. The van der Waals surface area contributed by atoms with Crippen LogP contribution in [0, 0.1) is 5.82 Å². The Bertz CT molecular complexity index is 358. The molecular formula is C12H12BrFO. The first-order valence-corrected chi connectivity index (χ1v) is 5.83. The third-order valence-electron chi connectivity index (χ3n) is 2.41. The fourth-order valence-electron chi connectivity index (χ4n) is 1.61. The summed E-state index contributed by atoms with van der Waals surface area (Å²) in [6, 6.07) is 6.14. The van der Waals surface area contributed by atoms with Gasteiger partial charge < -0.3 is 4.74 Å². The molecule has 1 aromatic rings. The smallest absolute Gasteiger partial charge is 0.130 e. The van der Waals surface area contributed by atoms with Crippen molar-refractivity contribution in [2.75, 3.05) is 0 Å². The first-order chi connectivity index (χ1) is 7.25. The number of halogens is 2. The summed E-state index contributed by atoms with van der Waals surface area (Å²) in [6.07, 6.45) is 5.47. The lowest BCUT2D eigenvalue weighted by Gasteiger charge is -2.21. The van der Waals surface area contributed by atoms with Crippen molar-refractivity contribution in [3.8, 4) is 5.75 Å². The van der Waals surface area contributed by atoms with Crippen LogP contribution < -0.4 is 4.74 Å². The highest BCUT2D eigenvalue weighted by Gasteiger charge is 2.17. The van der Waals surface area contributed by atoms with Gasteiger partial charge in [-0.1, -0.05) is 22.0 Å². The van der Waals surface area contributed by atoms with Crippen molar-refractivity contribution in [1.29, 1.82) is 0 Å². The number of ether oxygens (including phenoxy) is 1. The molecule has 0 fully saturated rings. The molecule has 0 heterocycles. The normalized spacial score (nSPS) is 20.9. The number of hydrogen-bond acceptors (Lipinski definition) is 1. The summed E-state index contributed by atoms with van der Waals surface area (Å²) in [5, 5.41) is 0. The highest BCUT2D eigenvalue weighted by molar-refractivity contribution is 9.11. The number of allylic oxidation sites excluding steroid dienone is 1. The van der Waals surface area contributed by atoms with E-state index in [-0.39, 0.29) is 11.9 Å². The third-order valence-corrected chi connectivity index (χ3v) is 3.24. The van der Waals surface area contributed by atoms with E-state index in [2.05, 4.69) is 22.0 Å². The topological polar surface area (TPSA) is 9.23 Å². The summed E-state index contributed by atoms with van der Waals surface area (Å²) in [6.45, 7) is 0. The zero-order valence-corrected chi connectivity index (χ0v) is 9.84. The van der Waals surface area contributed by atoms with Gasteiger partial charge in [-0.2, -0.15) is 0 Å². The minimum Gasteiger partial charge on any atom is -0.485 e. The molecule has 1 nitrogen and oxygen atoms in total. The fourth-order valence-corrected chi connectivity index (χ4v) is 2.16. The molecule has 2 rings (SSSR count). The zero-order chi connectivity index (χ0) is 10.7. The van der Waals surface area contributed by atoms with Crippen LogP contribution in [-0.4, -0.2) is 6.10 Å². The maximum atomic E-state index is 12.7. The average molecular weight is 271 g/mol. The van der Waals surface area contributed by atoms with Crippen LogP contribution in [0.5, 0.6) is 5.75 Å². The summed E-state index contributed by atoms with van der Waals surface area (Å²) in [5.74, 6) is 0.481. The standard InChI is InChI=1S/C12H12BrFO/c13-11-3-1-2-4-12(11)15-10-7-5-9(14)6-8-10/h3,5-8,12H,1-2,4H2. The van der Waals surface area contributed by atoms with Crippen molar-refractivity contribution in [2.24, 2.45) is 0 Å². The van der Waals surface area contributed by atoms with Crippen molar-refractivity contribution in [3.63, 3.8) is 0 Å². The monoisotopic (exact) mass is 270 g/mol. The van der Waals surface area contributed by atoms with Crippen LogP contribution in [0.25, 0.3) is 0 Å². The quantitative estimate of drug-likeness (QED) is 0.788. The second-order valence-corrected chi connectivity index (χ2v) is 4.50. The fraction of sp³-hybridized carbons (Fsp3) is 0.333. The number of hydrogen-bond donors (Lipinski definition) is 0.